The summed E-state index contributed by atoms with van der Waals surface area (Å²) >= 11 is 3.24. The summed E-state index contributed by atoms with van der Waals surface area (Å²) in [5, 5.41) is 13.9. The molecular formula is C56H33N5S2. The molecule has 0 radical (unpaired) electrons. The molecule has 9 aromatic carbocycles. The van der Waals surface area contributed by atoms with E-state index >= 15 is 0 Å². The lowest BCUT2D eigenvalue weighted by Crippen LogP contribution is -2.10. The van der Waals surface area contributed by atoms with Gasteiger partial charge in [0.05, 0.1) is 23.8 Å². The number of thiazole rings is 2. The lowest BCUT2D eigenvalue weighted by Gasteiger charge is -2.25. The van der Waals surface area contributed by atoms with Crippen molar-refractivity contribution >= 4 is 114 Å². The van der Waals surface area contributed by atoms with Gasteiger partial charge in [-0.2, -0.15) is 0 Å². The van der Waals surface area contributed by atoms with Crippen LogP contribution in [0.15, 0.2) is 200 Å². The van der Waals surface area contributed by atoms with Crippen molar-refractivity contribution < 1.29 is 0 Å². The van der Waals surface area contributed by atoms with E-state index in [4.69, 9.17) is 19.9 Å². The molecule has 0 bridgehead atoms. The molecule has 0 fully saturated rings. The van der Waals surface area contributed by atoms with Gasteiger partial charge < -0.3 is 4.90 Å². The zero-order chi connectivity index (χ0) is 41.4. The smallest absolute Gasteiger partial charge is 0.143 e. The molecule has 63 heavy (non-hydrogen) atoms. The molecule has 5 nitrogen and oxygen atoms in total. The van der Waals surface area contributed by atoms with Crippen molar-refractivity contribution in [3.05, 3.63) is 200 Å². The largest absolute Gasteiger partial charge is 0.307 e. The number of rotatable bonds is 6. The van der Waals surface area contributed by atoms with Gasteiger partial charge in [-0.1, -0.05) is 174 Å². The molecule has 13 rings (SSSR count). The molecular weight excluding hydrogens is 807 g/mol. The average Bonchev–Trinajstić information content (AvgIpc) is 3.97. The Morgan fingerprint density at radius 3 is 1.43 bits per heavy atom. The van der Waals surface area contributed by atoms with Crippen LogP contribution >= 0.6 is 22.7 Å². The first-order valence-electron chi connectivity index (χ1n) is 20.9. The summed E-state index contributed by atoms with van der Waals surface area (Å²) in [4.78, 5) is 24.5. The molecule has 13 aromatic rings. The Bertz CT molecular complexity index is 3790. The van der Waals surface area contributed by atoms with Crippen LogP contribution in [0, 0.1) is 0 Å². The topological polar surface area (TPSA) is 54.8 Å². The normalized spacial score (nSPS) is 11.8. The van der Waals surface area contributed by atoms with Gasteiger partial charge in [-0.05, 0) is 101 Å². The lowest BCUT2D eigenvalue weighted by atomic mass is 9.96. The van der Waals surface area contributed by atoms with Crippen molar-refractivity contribution in [2.45, 2.75) is 0 Å². The average molecular weight is 840 g/mol. The zero-order valence-electron chi connectivity index (χ0n) is 33.6. The minimum Gasteiger partial charge on any atom is -0.307 e. The van der Waals surface area contributed by atoms with Crippen molar-refractivity contribution in [1.29, 1.82) is 0 Å². The van der Waals surface area contributed by atoms with Gasteiger partial charge in [-0.15, -0.1) is 0 Å². The van der Waals surface area contributed by atoms with Gasteiger partial charge >= 0.3 is 0 Å². The third-order valence-corrected chi connectivity index (χ3v) is 14.2. The van der Waals surface area contributed by atoms with E-state index in [0.29, 0.717) is 0 Å². The maximum Gasteiger partial charge on any atom is 0.143 e. The fraction of sp³-hybridized carbons (Fsp3) is 0. The van der Waals surface area contributed by atoms with Gasteiger partial charge in [0.1, 0.15) is 30.7 Å². The van der Waals surface area contributed by atoms with Crippen LogP contribution in [0.5, 0.6) is 0 Å². The molecule has 7 heteroatoms. The highest BCUT2D eigenvalue weighted by atomic mass is 32.1. The molecule has 0 unspecified atom stereocenters. The predicted molar refractivity (Wildman–Crippen MR) is 267 cm³/mol. The van der Waals surface area contributed by atoms with Gasteiger partial charge in [-0.3, -0.25) is 0 Å². The maximum absolute atomic E-state index is 5.21. The minimum atomic E-state index is 0.848. The van der Waals surface area contributed by atoms with E-state index in [1.54, 1.807) is 22.7 Å². The quantitative estimate of drug-likeness (QED) is 0.156. The monoisotopic (exact) mass is 839 g/mol. The highest BCUT2D eigenvalue weighted by Crippen LogP contribution is 2.42. The van der Waals surface area contributed by atoms with E-state index < -0.39 is 0 Å². The van der Waals surface area contributed by atoms with E-state index in [1.165, 1.54) is 59.6 Å². The van der Waals surface area contributed by atoms with Crippen LogP contribution in [-0.2, 0) is 0 Å². The number of anilines is 3. The van der Waals surface area contributed by atoms with E-state index in [9.17, 15) is 0 Å². The van der Waals surface area contributed by atoms with E-state index in [-0.39, 0.29) is 0 Å². The van der Waals surface area contributed by atoms with Crippen molar-refractivity contribution in [3.63, 3.8) is 0 Å². The van der Waals surface area contributed by atoms with E-state index in [2.05, 4.69) is 193 Å². The summed E-state index contributed by atoms with van der Waals surface area (Å²) in [6, 6.07) is 67.3. The zero-order valence-corrected chi connectivity index (χ0v) is 35.2. The molecule has 0 atom stereocenters. The number of pyridine rings is 2. The van der Waals surface area contributed by atoms with Crippen molar-refractivity contribution in [2.75, 3.05) is 4.90 Å². The second kappa shape index (κ2) is 14.4. The first kappa shape index (κ1) is 35.9. The fourth-order valence-corrected chi connectivity index (χ4v) is 11.0. The number of hydrogen-bond donors (Lipinski definition) is 0. The number of hydrogen-bond acceptors (Lipinski definition) is 7. The summed E-state index contributed by atoms with van der Waals surface area (Å²) in [5.74, 6) is 0. The summed E-state index contributed by atoms with van der Waals surface area (Å²) in [7, 11) is 0. The van der Waals surface area contributed by atoms with Gasteiger partial charge in [0.25, 0.3) is 0 Å². The highest BCUT2D eigenvalue weighted by Gasteiger charge is 2.20. The predicted octanol–water partition coefficient (Wildman–Crippen LogP) is 15.9. The van der Waals surface area contributed by atoms with Crippen LogP contribution in [0.4, 0.5) is 17.1 Å². The fourth-order valence-electron chi connectivity index (χ4n) is 9.12. The summed E-state index contributed by atoms with van der Waals surface area (Å²) in [5.41, 5.74) is 9.11. The van der Waals surface area contributed by atoms with E-state index in [1.807, 2.05) is 12.4 Å². The Kier molecular flexibility index (Phi) is 8.19. The third kappa shape index (κ3) is 6.12. The van der Waals surface area contributed by atoms with Gasteiger partial charge in [0, 0.05) is 16.8 Å². The molecule has 0 aliphatic rings. The van der Waals surface area contributed by atoms with Crippen molar-refractivity contribution in [3.8, 4) is 32.3 Å². The molecule has 0 amide bonds. The molecule has 4 aromatic heterocycles. The van der Waals surface area contributed by atoms with Crippen molar-refractivity contribution in [2.24, 2.45) is 0 Å². The van der Waals surface area contributed by atoms with Crippen LogP contribution in [0.25, 0.3) is 107 Å². The van der Waals surface area contributed by atoms with Crippen LogP contribution in [0.1, 0.15) is 0 Å². The molecule has 0 N–H and O–H groups in total. The molecule has 294 valence electrons. The third-order valence-electron chi connectivity index (χ3n) is 12.2. The minimum absolute atomic E-state index is 0.848. The van der Waals surface area contributed by atoms with Gasteiger partial charge in [0.2, 0.25) is 0 Å². The number of aromatic nitrogens is 4. The Labute approximate surface area is 369 Å². The van der Waals surface area contributed by atoms with Crippen LogP contribution in [-0.4, -0.2) is 19.9 Å². The van der Waals surface area contributed by atoms with Crippen LogP contribution in [0.2, 0.25) is 0 Å². The number of fused-ring (bicyclic) bond motifs is 8. The molecule has 0 aliphatic carbocycles. The van der Waals surface area contributed by atoms with Gasteiger partial charge in [0.15, 0.2) is 0 Å². The Morgan fingerprint density at radius 2 is 0.810 bits per heavy atom. The number of benzene rings is 9. The molecule has 0 aliphatic heterocycles. The first-order valence-corrected chi connectivity index (χ1v) is 22.6. The van der Waals surface area contributed by atoms with Crippen LogP contribution < -0.4 is 4.90 Å². The second-order valence-corrected chi connectivity index (χ2v) is 17.9. The highest BCUT2D eigenvalue weighted by molar-refractivity contribution is 7.21. The Hall–Kier alpha value is -7.84. The Balaban J connectivity index is 0.939. The molecule has 4 heterocycles. The molecule has 0 saturated carbocycles. The molecule has 0 saturated heterocycles. The van der Waals surface area contributed by atoms with Crippen LogP contribution in [0.3, 0.4) is 0 Å². The SMILES string of the molecule is c1ccc2cc(-c3ccc4c(ccc5cc(N(c6cnc7sc(-c8cccc9ccccc89)nc7c6)c6cnc7sc(-c8cccc9ccccc89)nc7c6)ccc54)c3)ccc2c1. The standard InChI is InChI=1S/C56H33N5S2/c1-2-12-37-27-38(20-19-34(37)9-1)39-23-25-47-40(28-39)21-22-41-29-42(24-26-48(41)47)61(43-30-51-55(57-32-43)62-53(59-51)49-17-7-13-35-10-3-5-15-45(35)49)44-31-52-56(58-33-44)63-54(60-52)50-18-8-14-36-11-4-6-16-46(36)50/h1-33H. The summed E-state index contributed by atoms with van der Waals surface area (Å²) < 4.78 is 0. The summed E-state index contributed by atoms with van der Waals surface area (Å²) in [6.07, 6.45) is 3.91. The van der Waals surface area contributed by atoms with Crippen molar-refractivity contribution in [1.82, 2.24) is 19.9 Å². The lowest BCUT2D eigenvalue weighted by molar-refractivity contribution is 1.24. The maximum atomic E-state index is 5.21. The first-order chi connectivity index (χ1) is 31.2. The molecule has 0 spiro atoms. The van der Waals surface area contributed by atoms with E-state index in [0.717, 1.165) is 64.3 Å². The second-order valence-electron chi connectivity index (χ2n) is 15.9. The summed E-state index contributed by atoms with van der Waals surface area (Å²) in [6.45, 7) is 0. The van der Waals surface area contributed by atoms with Gasteiger partial charge in [-0.25, -0.2) is 19.9 Å². The Morgan fingerprint density at radius 1 is 0.333 bits per heavy atom. The number of nitrogens with zero attached hydrogens (tertiary/aromatic N) is 5.